The van der Waals surface area contributed by atoms with Gasteiger partial charge in [0.15, 0.2) is 5.69 Å². The third-order valence-corrected chi connectivity index (χ3v) is 4.36. The summed E-state index contributed by atoms with van der Waals surface area (Å²) in [5.41, 5.74) is 2.53. The Bertz CT molecular complexity index is 908. The normalized spacial score (nSPS) is 10.7. The van der Waals surface area contributed by atoms with Crippen LogP contribution in [0.3, 0.4) is 0 Å². The largest absolute Gasteiger partial charge is 0.336 e. The van der Waals surface area contributed by atoms with Crippen molar-refractivity contribution in [2.45, 2.75) is 13.5 Å². The first-order valence-corrected chi connectivity index (χ1v) is 8.56. The van der Waals surface area contributed by atoms with Crippen LogP contribution in [-0.4, -0.2) is 27.6 Å². The van der Waals surface area contributed by atoms with E-state index in [-0.39, 0.29) is 18.3 Å². The standard InChI is InChI=1S/C19H17BrFN3O/c1-13-10-18(22-24(13)16-6-4-3-5-7-16)19(25)23(2)12-14-11-15(20)8-9-17(14)21/h3-11H,12H2,1-2H3. The fraction of sp³-hybridized carbons (Fsp3) is 0.158. The second-order valence-corrected chi connectivity index (χ2v) is 6.73. The Balaban J connectivity index is 1.82. The van der Waals surface area contributed by atoms with Crippen LogP contribution in [0.2, 0.25) is 0 Å². The van der Waals surface area contributed by atoms with Gasteiger partial charge in [-0.1, -0.05) is 34.1 Å². The Morgan fingerprint density at radius 2 is 1.92 bits per heavy atom. The molecule has 4 nitrogen and oxygen atoms in total. The van der Waals surface area contributed by atoms with Crippen molar-refractivity contribution in [1.82, 2.24) is 14.7 Å². The van der Waals surface area contributed by atoms with E-state index in [4.69, 9.17) is 0 Å². The first-order chi connectivity index (χ1) is 12.0. The SMILES string of the molecule is Cc1cc(C(=O)N(C)Cc2cc(Br)ccc2F)nn1-c1ccccc1. The Morgan fingerprint density at radius 3 is 2.64 bits per heavy atom. The summed E-state index contributed by atoms with van der Waals surface area (Å²) in [6.07, 6.45) is 0. The molecule has 0 atom stereocenters. The third-order valence-electron chi connectivity index (χ3n) is 3.87. The van der Waals surface area contributed by atoms with E-state index >= 15 is 0 Å². The lowest BCUT2D eigenvalue weighted by molar-refractivity contribution is 0.0777. The summed E-state index contributed by atoms with van der Waals surface area (Å²) in [7, 11) is 1.64. The number of rotatable bonds is 4. The van der Waals surface area contributed by atoms with Crippen molar-refractivity contribution in [2.75, 3.05) is 7.05 Å². The van der Waals surface area contributed by atoms with E-state index in [1.165, 1.54) is 11.0 Å². The molecule has 0 aliphatic rings. The molecule has 3 rings (SSSR count). The molecule has 2 aromatic carbocycles. The van der Waals surface area contributed by atoms with E-state index in [0.29, 0.717) is 11.3 Å². The summed E-state index contributed by atoms with van der Waals surface area (Å²) >= 11 is 3.32. The number of carbonyl (C=O) groups excluding carboxylic acids is 1. The van der Waals surface area contributed by atoms with Gasteiger partial charge < -0.3 is 4.90 Å². The molecule has 3 aromatic rings. The van der Waals surface area contributed by atoms with E-state index in [1.54, 1.807) is 29.9 Å². The second-order valence-electron chi connectivity index (χ2n) is 5.82. The average molecular weight is 402 g/mol. The molecule has 128 valence electrons. The molecule has 0 aliphatic heterocycles. The molecular weight excluding hydrogens is 385 g/mol. The third kappa shape index (κ3) is 3.79. The van der Waals surface area contributed by atoms with Crippen LogP contribution in [0.1, 0.15) is 21.7 Å². The lowest BCUT2D eigenvalue weighted by atomic mass is 10.2. The summed E-state index contributed by atoms with van der Waals surface area (Å²) in [4.78, 5) is 14.1. The van der Waals surface area contributed by atoms with Crippen molar-refractivity contribution in [1.29, 1.82) is 0 Å². The lowest BCUT2D eigenvalue weighted by Crippen LogP contribution is -2.27. The van der Waals surface area contributed by atoms with Crippen molar-refractivity contribution >= 4 is 21.8 Å². The van der Waals surface area contributed by atoms with Gasteiger partial charge in [0, 0.05) is 29.3 Å². The van der Waals surface area contributed by atoms with Gasteiger partial charge in [0.2, 0.25) is 0 Å². The number of para-hydroxylation sites is 1. The van der Waals surface area contributed by atoms with Crippen LogP contribution in [0.4, 0.5) is 4.39 Å². The van der Waals surface area contributed by atoms with Gasteiger partial charge in [0.05, 0.1) is 5.69 Å². The minimum absolute atomic E-state index is 0.168. The zero-order chi connectivity index (χ0) is 18.0. The molecule has 1 amide bonds. The second kappa shape index (κ2) is 7.19. The van der Waals surface area contributed by atoms with E-state index in [2.05, 4.69) is 21.0 Å². The van der Waals surface area contributed by atoms with Gasteiger partial charge in [-0.25, -0.2) is 9.07 Å². The molecule has 0 saturated carbocycles. The van der Waals surface area contributed by atoms with Gasteiger partial charge in [-0.05, 0) is 43.3 Å². The fourth-order valence-electron chi connectivity index (χ4n) is 2.60. The molecule has 0 bridgehead atoms. The van der Waals surface area contributed by atoms with Crippen LogP contribution in [-0.2, 0) is 6.54 Å². The number of benzene rings is 2. The summed E-state index contributed by atoms with van der Waals surface area (Å²) in [6, 6.07) is 16.0. The van der Waals surface area contributed by atoms with Crippen LogP contribution in [0.5, 0.6) is 0 Å². The van der Waals surface area contributed by atoms with Gasteiger partial charge in [0.1, 0.15) is 5.82 Å². The zero-order valence-electron chi connectivity index (χ0n) is 13.9. The van der Waals surface area contributed by atoms with E-state index < -0.39 is 0 Å². The highest BCUT2D eigenvalue weighted by Crippen LogP contribution is 2.18. The van der Waals surface area contributed by atoms with Gasteiger partial charge in [0.25, 0.3) is 5.91 Å². The number of carbonyl (C=O) groups is 1. The van der Waals surface area contributed by atoms with Crippen LogP contribution < -0.4 is 0 Å². The van der Waals surface area contributed by atoms with Crippen molar-refractivity contribution in [3.05, 3.63) is 81.8 Å². The van der Waals surface area contributed by atoms with Crippen LogP contribution >= 0.6 is 15.9 Å². The molecule has 0 fully saturated rings. The number of hydrogen-bond donors (Lipinski definition) is 0. The molecule has 0 aliphatic carbocycles. The monoisotopic (exact) mass is 401 g/mol. The first-order valence-electron chi connectivity index (χ1n) is 7.77. The highest BCUT2D eigenvalue weighted by atomic mass is 79.9. The molecule has 0 N–H and O–H groups in total. The summed E-state index contributed by atoms with van der Waals surface area (Å²) in [5, 5.41) is 4.41. The maximum absolute atomic E-state index is 13.9. The van der Waals surface area contributed by atoms with Crippen LogP contribution in [0, 0.1) is 12.7 Å². The van der Waals surface area contributed by atoms with Gasteiger partial charge in [-0.2, -0.15) is 5.10 Å². The van der Waals surface area contributed by atoms with Crippen molar-refractivity contribution < 1.29 is 9.18 Å². The van der Waals surface area contributed by atoms with Crippen LogP contribution in [0.15, 0.2) is 59.1 Å². The van der Waals surface area contributed by atoms with Crippen molar-refractivity contribution in [3.8, 4) is 5.69 Å². The molecule has 25 heavy (non-hydrogen) atoms. The topological polar surface area (TPSA) is 38.1 Å². The molecule has 0 radical (unpaired) electrons. The number of amides is 1. The van der Waals surface area contributed by atoms with E-state index in [0.717, 1.165) is 15.9 Å². The summed E-state index contributed by atoms with van der Waals surface area (Å²) < 4.78 is 16.4. The quantitative estimate of drug-likeness (QED) is 0.651. The van der Waals surface area contributed by atoms with Crippen molar-refractivity contribution in [2.24, 2.45) is 0 Å². The smallest absolute Gasteiger partial charge is 0.274 e. The zero-order valence-corrected chi connectivity index (χ0v) is 15.5. The van der Waals surface area contributed by atoms with E-state index in [9.17, 15) is 9.18 Å². The first kappa shape index (κ1) is 17.4. The molecule has 0 unspecified atom stereocenters. The molecule has 0 saturated heterocycles. The maximum atomic E-state index is 13.9. The summed E-state index contributed by atoms with van der Waals surface area (Å²) in [6.45, 7) is 2.06. The predicted molar refractivity (Wildman–Crippen MR) is 98.2 cm³/mol. The van der Waals surface area contributed by atoms with E-state index in [1.807, 2.05) is 37.3 Å². The Kier molecular flexibility index (Phi) is 4.99. The Labute approximate surface area is 154 Å². The van der Waals surface area contributed by atoms with Crippen molar-refractivity contribution in [3.63, 3.8) is 0 Å². The average Bonchev–Trinajstić information content (AvgIpc) is 3.00. The van der Waals surface area contributed by atoms with Gasteiger partial charge in [-0.3, -0.25) is 4.79 Å². The highest BCUT2D eigenvalue weighted by molar-refractivity contribution is 9.10. The summed E-state index contributed by atoms with van der Waals surface area (Å²) in [5.74, 6) is -0.592. The number of aryl methyl sites for hydroxylation is 1. The maximum Gasteiger partial charge on any atom is 0.274 e. The molecule has 1 aromatic heterocycles. The highest BCUT2D eigenvalue weighted by Gasteiger charge is 2.18. The van der Waals surface area contributed by atoms with Gasteiger partial charge in [-0.15, -0.1) is 0 Å². The molecule has 6 heteroatoms. The minimum Gasteiger partial charge on any atom is -0.336 e. The fourth-order valence-corrected chi connectivity index (χ4v) is 3.01. The number of hydrogen-bond acceptors (Lipinski definition) is 2. The lowest BCUT2D eigenvalue weighted by Gasteiger charge is -2.16. The molecular formula is C19H17BrFN3O. The number of nitrogens with zero attached hydrogens (tertiary/aromatic N) is 3. The number of halogens is 2. The van der Waals surface area contributed by atoms with Crippen LogP contribution in [0.25, 0.3) is 5.69 Å². The number of aromatic nitrogens is 2. The Morgan fingerprint density at radius 1 is 1.20 bits per heavy atom. The van der Waals surface area contributed by atoms with Gasteiger partial charge >= 0.3 is 0 Å². The predicted octanol–water partition coefficient (Wildman–Crippen LogP) is 4.35. The molecule has 1 heterocycles. The molecule has 0 spiro atoms. The Hall–Kier alpha value is -2.47. The minimum atomic E-state index is -0.339.